The van der Waals surface area contributed by atoms with Crippen molar-refractivity contribution in [1.29, 1.82) is 0 Å². The van der Waals surface area contributed by atoms with Gasteiger partial charge in [-0.1, -0.05) is 53.2 Å². The van der Waals surface area contributed by atoms with Gasteiger partial charge in [0.25, 0.3) is 5.91 Å². The average Bonchev–Trinajstić information content (AvgIpc) is 3.29. The number of nitrogens with zero attached hydrogens (tertiary/aromatic N) is 2. The molecule has 0 bridgehead atoms. The lowest BCUT2D eigenvalue weighted by atomic mass is 10.0. The largest absolute Gasteiger partial charge is 0.494 e. The molecule has 12 heteroatoms. The molecule has 0 spiro atoms. The summed E-state index contributed by atoms with van der Waals surface area (Å²) in [5.74, 6) is 0.0577. The van der Waals surface area contributed by atoms with Crippen molar-refractivity contribution in [1.82, 2.24) is 9.80 Å². The van der Waals surface area contributed by atoms with Gasteiger partial charge in [0.05, 0.1) is 36.9 Å². The summed E-state index contributed by atoms with van der Waals surface area (Å²) in [5.41, 5.74) is 2.68. The molecule has 3 aromatic carbocycles. The van der Waals surface area contributed by atoms with Crippen molar-refractivity contribution in [3.8, 4) is 22.6 Å². The molecule has 3 aromatic rings. The van der Waals surface area contributed by atoms with Crippen molar-refractivity contribution >= 4 is 69.5 Å². The van der Waals surface area contributed by atoms with Gasteiger partial charge < -0.3 is 19.3 Å². The maximum absolute atomic E-state index is 13.4. The molecule has 0 unspecified atom stereocenters. The van der Waals surface area contributed by atoms with E-state index >= 15 is 0 Å². The molecule has 2 aliphatic heterocycles. The summed E-state index contributed by atoms with van der Waals surface area (Å²) < 4.78 is 17.9. The molecule has 0 radical (unpaired) electrons. The van der Waals surface area contributed by atoms with Gasteiger partial charge in [0.15, 0.2) is 0 Å². The summed E-state index contributed by atoms with van der Waals surface area (Å²) in [5, 5.41) is 10.1. The third kappa shape index (κ3) is 9.22. The van der Waals surface area contributed by atoms with Crippen molar-refractivity contribution in [3.05, 3.63) is 86.7 Å². The third-order valence-corrected chi connectivity index (χ3v) is 9.06. The molecule has 1 N–H and O–H groups in total. The molecule has 2 saturated heterocycles. The molecule has 236 valence electrons. The van der Waals surface area contributed by atoms with Crippen LogP contribution in [0.1, 0.15) is 28.8 Å². The molecular weight excluding hydrogens is 655 g/mol. The van der Waals surface area contributed by atoms with Crippen molar-refractivity contribution in [3.63, 3.8) is 0 Å². The average molecular weight is 688 g/mol. The van der Waals surface area contributed by atoms with Crippen molar-refractivity contribution in [2.45, 2.75) is 12.8 Å². The SMILES string of the molecule is O=C(O)c1ccc(OCCCN2C(=O)C(=Cc3cc(-c4cc(Cl)cc(Cl)c4)ccc3OCCCN3CCOCC3)SC2=S)cc1. The molecule has 2 heterocycles. The molecule has 0 aromatic heterocycles. The summed E-state index contributed by atoms with van der Waals surface area (Å²) in [6.07, 6.45) is 3.23. The predicted molar refractivity (Wildman–Crippen MR) is 183 cm³/mol. The molecule has 2 fully saturated rings. The molecule has 0 saturated carbocycles. The molecule has 0 atom stereocenters. The van der Waals surface area contributed by atoms with Crippen LogP contribution in [0.3, 0.4) is 0 Å². The Morgan fingerprint density at radius 1 is 0.933 bits per heavy atom. The fraction of sp³-hybridized carbons (Fsp3) is 0.303. The smallest absolute Gasteiger partial charge is 0.335 e. The molecule has 1 amide bonds. The number of rotatable bonds is 13. The van der Waals surface area contributed by atoms with Gasteiger partial charge in [0.2, 0.25) is 0 Å². The van der Waals surface area contributed by atoms with Crippen molar-refractivity contribution in [2.24, 2.45) is 0 Å². The van der Waals surface area contributed by atoms with Crippen LogP contribution in [0.5, 0.6) is 11.5 Å². The highest BCUT2D eigenvalue weighted by Gasteiger charge is 2.32. The summed E-state index contributed by atoms with van der Waals surface area (Å²) in [6, 6.07) is 17.4. The third-order valence-electron chi connectivity index (χ3n) is 7.24. The van der Waals surface area contributed by atoms with E-state index in [-0.39, 0.29) is 11.5 Å². The van der Waals surface area contributed by atoms with Crippen LogP contribution < -0.4 is 9.47 Å². The number of ether oxygens (including phenoxy) is 3. The van der Waals surface area contributed by atoms with E-state index in [0.717, 1.165) is 56.0 Å². The number of amides is 1. The number of carbonyl (C=O) groups is 2. The Bertz CT molecular complexity index is 1560. The van der Waals surface area contributed by atoms with E-state index in [1.807, 2.05) is 36.4 Å². The van der Waals surface area contributed by atoms with Crippen LogP contribution in [0.15, 0.2) is 65.6 Å². The minimum Gasteiger partial charge on any atom is -0.494 e. The van der Waals surface area contributed by atoms with Gasteiger partial charge in [0, 0.05) is 41.8 Å². The number of carboxylic acids is 1. The normalized spacial score (nSPS) is 16.4. The quantitative estimate of drug-likeness (QED) is 0.115. The second kappa shape index (κ2) is 15.9. The number of morpholine rings is 1. The van der Waals surface area contributed by atoms with Gasteiger partial charge >= 0.3 is 5.97 Å². The maximum atomic E-state index is 13.4. The number of hydrogen-bond donors (Lipinski definition) is 1. The van der Waals surface area contributed by atoms with Gasteiger partial charge in [-0.15, -0.1) is 0 Å². The van der Waals surface area contributed by atoms with E-state index in [1.54, 1.807) is 23.1 Å². The van der Waals surface area contributed by atoms with Crippen molar-refractivity contribution in [2.75, 3.05) is 52.6 Å². The number of thiocarbonyl (C=S) groups is 1. The van der Waals surface area contributed by atoms with E-state index < -0.39 is 5.97 Å². The van der Waals surface area contributed by atoms with Gasteiger partial charge in [-0.05, 0) is 84.6 Å². The molecular formula is C33H32Cl2N2O6S2. The number of halogens is 2. The lowest BCUT2D eigenvalue weighted by Crippen LogP contribution is -2.37. The molecule has 2 aliphatic rings. The Balaban J connectivity index is 1.26. The highest BCUT2D eigenvalue weighted by molar-refractivity contribution is 8.26. The van der Waals surface area contributed by atoms with E-state index in [0.29, 0.717) is 56.9 Å². The van der Waals surface area contributed by atoms with Gasteiger partial charge in [-0.2, -0.15) is 0 Å². The zero-order valence-electron chi connectivity index (χ0n) is 24.4. The number of carbonyl (C=O) groups excluding carboxylic acids is 1. The first-order valence-corrected chi connectivity index (χ1v) is 16.5. The Labute approximate surface area is 281 Å². The molecule has 5 rings (SSSR count). The fourth-order valence-electron chi connectivity index (χ4n) is 4.93. The summed E-state index contributed by atoms with van der Waals surface area (Å²) in [4.78, 5) is 28.9. The van der Waals surface area contributed by atoms with Gasteiger partial charge in [-0.3, -0.25) is 14.6 Å². The van der Waals surface area contributed by atoms with Crippen LogP contribution in [0.4, 0.5) is 0 Å². The van der Waals surface area contributed by atoms with E-state index in [1.165, 1.54) is 23.9 Å². The van der Waals surface area contributed by atoms with Crippen LogP contribution in [0, 0.1) is 0 Å². The van der Waals surface area contributed by atoms with Crippen LogP contribution in [-0.2, 0) is 9.53 Å². The van der Waals surface area contributed by atoms with E-state index in [4.69, 9.17) is 54.7 Å². The number of aromatic carboxylic acids is 1. The van der Waals surface area contributed by atoms with E-state index in [9.17, 15) is 9.59 Å². The number of carboxylic acid groups (broad SMARTS) is 1. The van der Waals surface area contributed by atoms with Crippen LogP contribution in [0.25, 0.3) is 17.2 Å². The van der Waals surface area contributed by atoms with Gasteiger partial charge in [-0.25, -0.2) is 4.79 Å². The van der Waals surface area contributed by atoms with Crippen molar-refractivity contribution < 1.29 is 28.9 Å². The maximum Gasteiger partial charge on any atom is 0.335 e. The topological polar surface area (TPSA) is 88.5 Å². The number of hydrogen-bond acceptors (Lipinski definition) is 8. The first-order valence-electron chi connectivity index (χ1n) is 14.5. The lowest BCUT2D eigenvalue weighted by molar-refractivity contribution is -0.122. The zero-order valence-corrected chi connectivity index (χ0v) is 27.5. The Kier molecular flexibility index (Phi) is 11.8. The predicted octanol–water partition coefficient (Wildman–Crippen LogP) is 7.13. The summed E-state index contributed by atoms with van der Waals surface area (Å²) >= 11 is 19.4. The first-order chi connectivity index (χ1) is 21.8. The van der Waals surface area contributed by atoms with Crippen LogP contribution >= 0.6 is 47.2 Å². The highest BCUT2D eigenvalue weighted by Crippen LogP contribution is 2.37. The second-order valence-corrected chi connectivity index (χ2v) is 13.0. The number of benzene rings is 3. The molecule has 45 heavy (non-hydrogen) atoms. The van der Waals surface area contributed by atoms with Crippen LogP contribution in [-0.4, -0.2) is 83.7 Å². The fourth-order valence-corrected chi connectivity index (χ4v) is 6.75. The monoisotopic (exact) mass is 686 g/mol. The van der Waals surface area contributed by atoms with E-state index in [2.05, 4.69) is 4.90 Å². The molecule has 0 aliphatic carbocycles. The first kappa shape index (κ1) is 33.2. The van der Waals surface area contributed by atoms with Crippen LogP contribution in [0.2, 0.25) is 10.0 Å². The zero-order chi connectivity index (χ0) is 31.8. The Hall–Kier alpha value is -3.12. The Morgan fingerprint density at radius 2 is 1.62 bits per heavy atom. The molecule has 8 nitrogen and oxygen atoms in total. The summed E-state index contributed by atoms with van der Waals surface area (Å²) in [6.45, 7) is 5.55. The minimum absolute atomic E-state index is 0.176. The minimum atomic E-state index is -0.994. The Morgan fingerprint density at radius 3 is 2.33 bits per heavy atom. The van der Waals surface area contributed by atoms with Gasteiger partial charge in [0.1, 0.15) is 15.8 Å². The standard InChI is InChI=1S/C33H32Cl2N2O6S2/c34-26-18-24(19-27(35)21-26)23-5-8-29(43-14-1-9-36-11-15-41-16-12-36)25(17-23)20-30-31(38)37(33(44)45-30)10-2-13-42-28-6-3-22(4-7-28)32(39)40/h3-8,17-21H,1-2,9-16H2,(H,39,40). The highest BCUT2D eigenvalue weighted by atomic mass is 35.5. The lowest BCUT2D eigenvalue weighted by Gasteiger charge is -2.26. The summed E-state index contributed by atoms with van der Waals surface area (Å²) in [7, 11) is 0. The second-order valence-electron chi connectivity index (χ2n) is 10.4. The number of thioether (sulfide) groups is 1.